The number of rotatable bonds is 3. The lowest BCUT2D eigenvalue weighted by Crippen LogP contribution is -2.42. The number of carbonyl (C=O) groups is 1. The molecule has 0 N–H and O–H groups in total. The Bertz CT molecular complexity index is 798. The Labute approximate surface area is 153 Å². The van der Waals surface area contributed by atoms with Crippen molar-refractivity contribution in [3.63, 3.8) is 0 Å². The van der Waals surface area contributed by atoms with Crippen LogP contribution in [0.1, 0.15) is 46.5 Å². The number of furan rings is 1. The number of anilines is 1. The van der Waals surface area contributed by atoms with Gasteiger partial charge < -0.3 is 19.0 Å². The van der Waals surface area contributed by atoms with Gasteiger partial charge in [-0.05, 0) is 38.8 Å². The minimum absolute atomic E-state index is 0.0125. The highest BCUT2D eigenvalue weighted by atomic mass is 16.5. The summed E-state index contributed by atoms with van der Waals surface area (Å²) in [6.45, 7) is 7.23. The predicted molar refractivity (Wildman–Crippen MR) is 96.3 cm³/mol. The molecule has 4 rings (SSSR count). The maximum Gasteiger partial charge on any atom is 0.257 e. The van der Waals surface area contributed by atoms with Gasteiger partial charge >= 0.3 is 0 Å². The zero-order valence-electron chi connectivity index (χ0n) is 15.3. The van der Waals surface area contributed by atoms with E-state index in [4.69, 9.17) is 14.1 Å². The molecule has 4 heterocycles. The van der Waals surface area contributed by atoms with Crippen molar-refractivity contribution in [2.24, 2.45) is 0 Å². The first kappa shape index (κ1) is 17.0. The summed E-state index contributed by atoms with van der Waals surface area (Å²) in [5, 5.41) is 0. The summed E-state index contributed by atoms with van der Waals surface area (Å²) < 4.78 is 11.4. The van der Waals surface area contributed by atoms with E-state index in [9.17, 15) is 4.79 Å². The summed E-state index contributed by atoms with van der Waals surface area (Å²) in [5.41, 5.74) is 1.46. The third kappa shape index (κ3) is 3.31. The SMILES string of the molecule is Cc1cc(C(=O)N2CCOC(c3ccnc(N4CCCC4)n3)C2)c(C)o1. The maximum atomic E-state index is 12.9. The van der Waals surface area contributed by atoms with Crippen molar-refractivity contribution < 1.29 is 13.9 Å². The highest BCUT2D eigenvalue weighted by Gasteiger charge is 2.29. The Balaban J connectivity index is 1.51. The number of aryl methyl sites for hydroxylation is 2. The van der Waals surface area contributed by atoms with E-state index in [1.165, 1.54) is 12.8 Å². The fourth-order valence-corrected chi connectivity index (χ4v) is 3.64. The Morgan fingerprint density at radius 1 is 1.23 bits per heavy atom. The van der Waals surface area contributed by atoms with Crippen molar-refractivity contribution in [3.05, 3.63) is 41.1 Å². The van der Waals surface area contributed by atoms with Crippen LogP contribution >= 0.6 is 0 Å². The predicted octanol–water partition coefficient (Wildman–Crippen LogP) is 2.50. The molecule has 7 nitrogen and oxygen atoms in total. The van der Waals surface area contributed by atoms with Gasteiger partial charge in [-0.3, -0.25) is 4.79 Å². The summed E-state index contributed by atoms with van der Waals surface area (Å²) in [4.78, 5) is 26.0. The molecule has 1 unspecified atom stereocenters. The first-order chi connectivity index (χ1) is 12.6. The average molecular weight is 356 g/mol. The first-order valence-electron chi connectivity index (χ1n) is 9.17. The van der Waals surface area contributed by atoms with E-state index in [-0.39, 0.29) is 12.0 Å². The second-order valence-electron chi connectivity index (χ2n) is 6.91. The number of aromatic nitrogens is 2. The Morgan fingerprint density at radius 3 is 2.77 bits per heavy atom. The van der Waals surface area contributed by atoms with E-state index >= 15 is 0 Å². The van der Waals surface area contributed by atoms with Crippen LogP contribution < -0.4 is 4.90 Å². The molecule has 0 aromatic carbocycles. The molecule has 26 heavy (non-hydrogen) atoms. The van der Waals surface area contributed by atoms with Gasteiger partial charge in [0.1, 0.15) is 17.6 Å². The second-order valence-corrected chi connectivity index (χ2v) is 6.91. The van der Waals surface area contributed by atoms with Crippen LogP contribution in [0.3, 0.4) is 0 Å². The minimum Gasteiger partial charge on any atom is -0.466 e. The van der Waals surface area contributed by atoms with E-state index in [0.29, 0.717) is 31.0 Å². The molecule has 138 valence electrons. The third-order valence-corrected chi connectivity index (χ3v) is 5.01. The molecule has 1 atom stereocenters. The van der Waals surface area contributed by atoms with E-state index in [2.05, 4.69) is 9.88 Å². The van der Waals surface area contributed by atoms with Crippen molar-refractivity contribution in [3.8, 4) is 0 Å². The van der Waals surface area contributed by atoms with Gasteiger partial charge in [-0.15, -0.1) is 0 Å². The number of carbonyl (C=O) groups excluding carboxylic acids is 1. The van der Waals surface area contributed by atoms with Gasteiger partial charge in [0.15, 0.2) is 0 Å². The van der Waals surface area contributed by atoms with Crippen molar-refractivity contribution >= 4 is 11.9 Å². The fraction of sp³-hybridized carbons (Fsp3) is 0.526. The molecule has 2 aromatic rings. The number of nitrogens with zero attached hydrogens (tertiary/aromatic N) is 4. The van der Waals surface area contributed by atoms with Gasteiger partial charge in [-0.2, -0.15) is 0 Å². The highest BCUT2D eigenvalue weighted by Crippen LogP contribution is 2.25. The molecule has 2 fully saturated rings. The molecule has 0 saturated carbocycles. The quantitative estimate of drug-likeness (QED) is 0.841. The van der Waals surface area contributed by atoms with Gasteiger partial charge in [-0.25, -0.2) is 9.97 Å². The summed E-state index contributed by atoms with van der Waals surface area (Å²) in [6, 6.07) is 3.68. The van der Waals surface area contributed by atoms with Gasteiger partial charge in [0.2, 0.25) is 5.95 Å². The number of hydrogen-bond acceptors (Lipinski definition) is 6. The van der Waals surface area contributed by atoms with Crippen LogP contribution in [-0.4, -0.2) is 53.6 Å². The second kappa shape index (κ2) is 7.07. The van der Waals surface area contributed by atoms with Crippen molar-refractivity contribution in [1.82, 2.24) is 14.9 Å². The summed E-state index contributed by atoms with van der Waals surface area (Å²) in [7, 11) is 0. The van der Waals surface area contributed by atoms with Gasteiger partial charge in [0, 0.05) is 25.8 Å². The van der Waals surface area contributed by atoms with Gasteiger partial charge in [0.25, 0.3) is 5.91 Å². The molecule has 7 heteroatoms. The normalized spacial score (nSPS) is 20.6. The first-order valence-corrected chi connectivity index (χ1v) is 9.17. The molecule has 0 radical (unpaired) electrons. The number of amides is 1. The van der Waals surface area contributed by atoms with Crippen LogP contribution in [0.15, 0.2) is 22.7 Å². The van der Waals surface area contributed by atoms with E-state index in [0.717, 1.165) is 30.5 Å². The molecule has 2 aliphatic rings. The van der Waals surface area contributed by atoms with Gasteiger partial charge in [-0.1, -0.05) is 0 Å². The average Bonchev–Trinajstić information content (AvgIpc) is 3.31. The van der Waals surface area contributed by atoms with E-state index in [1.807, 2.05) is 24.8 Å². The largest absolute Gasteiger partial charge is 0.466 e. The maximum absolute atomic E-state index is 12.9. The lowest BCUT2D eigenvalue weighted by molar-refractivity contribution is -0.0248. The third-order valence-electron chi connectivity index (χ3n) is 5.01. The Morgan fingerprint density at radius 2 is 2.04 bits per heavy atom. The van der Waals surface area contributed by atoms with Crippen LogP contribution in [0.25, 0.3) is 0 Å². The highest BCUT2D eigenvalue weighted by molar-refractivity contribution is 5.95. The smallest absolute Gasteiger partial charge is 0.257 e. The van der Waals surface area contributed by atoms with Crippen molar-refractivity contribution in [1.29, 1.82) is 0 Å². The lowest BCUT2D eigenvalue weighted by Gasteiger charge is -2.32. The van der Waals surface area contributed by atoms with E-state index in [1.54, 1.807) is 12.3 Å². The standard InChI is InChI=1S/C19H24N4O3/c1-13-11-15(14(2)26-13)18(24)23-9-10-25-17(12-23)16-5-6-20-19(21-16)22-7-3-4-8-22/h5-6,11,17H,3-4,7-10,12H2,1-2H3. The van der Waals surface area contributed by atoms with Crippen LogP contribution in [0, 0.1) is 13.8 Å². The zero-order chi connectivity index (χ0) is 18.1. The molecule has 0 aliphatic carbocycles. The van der Waals surface area contributed by atoms with E-state index < -0.39 is 0 Å². The van der Waals surface area contributed by atoms with Crippen LogP contribution in [-0.2, 0) is 4.74 Å². The summed E-state index contributed by atoms with van der Waals surface area (Å²) in [5.74, 6) is 2.16. The van der Waals surface area contributed by atoms with Crippen LogP contribution in [0.2, 0.25) is 0 Å². The summed E-state index contributed by atoms with van der Waals surface area (Å²) in [6.07, 6.45) is 3.91. The molecule has 2 saturated heterocycles. The molecule has 1 amide bonds. The minimum atomic E-state index is -0.231. The monoisotopic (exact) mass is 356 g/mol. The van der Waals surface area contributed by atoms with Crippen LogP contribution in [0.5, 0.6) is 0 Å². The zero-order valence-corrected chi connectivity index (χ0v) is 15.3. The number of morpholine rings is 1. The number of hydrogen-bond donors (Lipinski definition) is 0. The van der Waals surface area contributed by atoms with Gasteiger partial charge in [0.05, 0.1) is 24.4 Å². The molecule has 2 aliphatic heterocycles. The Kier molecular flexibility index (Phi) is 4.63. The fourth-order valence-electron chi connectivity index (χ4n) is 3.64. The number of ether oxygens (including phenoxy) is 1. The van der Waals surface area contributed by atoms with Crippen LogP contribution in [0.4, 0.5) is 5.95 Å². The summed E-state index contributed by atoms with van der Waals surface area (Å²) >= 11 is 0. The molecule has 0 spiro atoms. The topological polar surface area (TPSA) is 71.7 Å². The lowest BCUT2D eigenvalue weighted by atomic mass is 10.1. The Hall–Kier alpha value is -2.41. The van der Waals surface area contributed by atoms with Crippen molar-refractivity contribution in [2.45, 2.75) is 32.8 Å². The molecular formula is C19H24N4O3. The molecule has 2 aromatic heterocycles. The molecular weight excluding hydrogens is 332 g/mol. The van der Waals surface area contributed by atoms with Crippen molar-refractivity contribution in [2.75, 3.05) is 37.7 Å². The molecule has 0 bridgehead atoms.